The van der Waals surface area contributed by atoms with Gasteiger partial charge < -0.3 is 0 Å². The molecule has 0 aromatic carbocycles. The zero-order valence-corrected chi connectivity index (χ0v) is 13.4. The molecule has 0 amide bonds. The molecule has 0 aliphatic rings. The van der Waals surface area contributed by atoms with Crippen LogP contribution in [0.4, 0.5) is 13.2 Å². The van der Waals surface area contributed by atoms with E-state index in [9.17, 15) is 18.0 Å². The number of alkyl halides is 3. The molecule has 0 aliphatic carbocycles. The van der Waals surface area contributed by atoms with Crippen molar-refractivity contribution in [2.75, 3.05) is 0 Å². The third-order valence-electron chi connectivity index (χ3n) is 3.37. The Morgan fingerprint density at radius 3 is 2.71 bits per heavy atom. The van der Waals surface area contributed by atoms with Gasteiger partial charge in [0.25, 0.3) is 5.56 Å². The topological polar surface area (TPSA) is 47.3 Å². The van der Waals surface area contributed by atoms with Gasteiger partial charge in [-0.05, 0) is 30.7 Å². The lowest BCUT2D eigenvalue weighted by Crippen LogP contribution is -2.15. The van der Waals surface area contributed by atoms with Crippen molar-refractivity contribution in [3.63, 3.8) is 0 Å². The molecular formula is C16H12F3N3OS. The molecule has 0 aliphatic heterocycles. The molecule has 0 radical (unpaired) electrons. The van der Waals surface area contributed by atoms with Gasteiger partial charge in [0.1, 0.15) is 5.65 Å². The van der Waals surface area contributed by atoms with Gasteiger partial charge in [-0.15, -0.1) is 11.8 Å². The highest BCUT2D eigenvalue weighted by molar-refractivity contribution is 7.98. The van der Waals surface area contributed by atoms with Gasteiger partial charge >= 0.3 is 6.18 Å². The van der Waals surface area contributed by atoms with Gasteiger partial charge in [0.05, 0.1) is 16.3 Å². The van der Waals surface area contributed by atoms with Crippen LogP contribution in [-0.2, 0) is 11.9 Å². The van der Waals surface area contributed by atoms with Gasteiger partial charge in [-0.2, -0.15) is 13.2 Å². The van der Waals surface area contributed by atoms with Crippen LogP contribution in [-0.4, -0.2) is 14.4 Å². The van der Waals surface area contributed by atoms with Crippen LogP contribution in [0.15, 0.2) is 52.5 Å². The number of thioether (sulfide) groups is 1. The molecule has 0 atom stereocenters. The first-order valence-electron chi connectivity index (χ1n) is 6.98. The van der Waals surface area contributed by atoms with E-state index < -0.39 is 11.7 Å². The summed E-state index contributed by atoms with van der Waals surface area (Å²) in [6.07, 6.45) is -1.95. The SMILES string of the molecule is Cc1cccn2c(=O)cc(CSc3ccc(C(F)(F)F)cn3)nc12. The minimum absolute atomic E-state index is 0.195. The average Bonchev–Trinajstić information content (AvgIpc) is 2.53. The van der Waals surface area contributed by atoms with Crippen molar-refractivity contribution in [1.29, 1.82) is 0 Å². The maximum Gasteiger partial charge on any atom is 0.417 e. The Kier molecular flexibility index (Phi) is 4.31. The van der Waals surface area contributed by atoms with E-state index in [1.165, 1.54) is 28.3 Å². The van der Waals surface area contributed by atoms with Gasteiger partial charge in [-0.3, -0.25) is 9.20 Å². The molecule has 24 heavy (non-hydrogen) atoms. The molecular weight excluding hydrogens is 339 g/mol. The molecule has 3 rings (SSSR count). The molecule has 8 heteroatoms. The zero-order valence-electron chi connectivity index (χ0n) is 12.5. The summed E-state index contributed by atoms with van der Waals surface area (Å²) < 4.78 is 39.0. The first-order chi connectivity index (χ1) is 11.3. The molecule has 0 saturated heterocycles. The van der Waals surface area contributed by atoms with Gasteiger partial charge in [0.15, 0.2) is 0 Å². The summed E-state index contributed by atoms with van der Waals surface area (Å²) in [5, 5.41) is 0.440. The molecule has 0 unspecified atom stereocenters. The Balaban J connectivity index is 1.81. The zero-order chi connectivity index (χ0) is 17.3. The van der Waals surface area contributed by atoms with Gasteiger partial charge in [0.2, 0.25) is 0 Å². The molecule has 4 nitrogen and oxygen atoms in total. The average molecular weight is 351 g/mol. The third-order valence-corrected chi connectivity index (χ3v) is 4.35. The minimum Gasteiger partial charge on any atom is -0.269 e. The maximum atomic E-state index is 12.5. The van der Waals surface area contributed by atoms with Crippen LogP contribution in [0.2, 0.25) is 0 Å². The van der Waals surface area contributed by atoms with Crippen molar-refractivity contribution in [3.05, 3.63) is 69.9 Å². The molecule has 0 N–H and O–H groups in total. The first-order valence-corrected chi connectivity index (χ1v) is 7.97. The summed E-state index contributed by atoms with van der Waals surface area (Å²) in [6.45, 7) is 1.86. The summed E-state index contributed by atoms with van der Waals surface area (Å²) in [5.74, 6) is 0.346. The van der Waals surface area contributed by atoms with Crippen molar-refractivity contribution in [1.82, 2.24) is 14.4 Å². The molecule has 0 spiro atoms. The Morgan fingerprint density at radius 1 is 1.25 bits per heavy atom. The highest BCUT2D eigenvalue weighted by Gasteiger charge is 2.30. The largest absolute Gasteiger partial charge is 0.417 e. The predicted molar refractivity (Wildman–Crippen MR) is 85.0 cm³/mol. The Labute approximate surface area is 139 Å². The summed E-state index contributed by atoms with van der Waals surface area (Å²) >= 11 is 1.23. The lowest BCUT2D eigenvalue weighted by Gasteiger charge is -2.07. The highest BCUT2D eigenvalue weighted by Crippen LogP contribution is 2.30. The lowest BCUT2D eigenvalue weighted by atomic mass is 10.3. The Hall–Kier alpha value is -2.35. The molecule has 0 fully saturated rings. The second-order valence-corrected chi connectivity index (χ2v) is 6.14. The maximum absolute atomic E-state index is 12.5. The van der Waals surface area contributed by atoms with Crippen molar-refractivity contribution in [3.8, 4) is 0 Å². The second-order valence-electron chi connectivity index (χ2n) is 5.14. The minimum atomic E-state index is -4.40. The van der Waals surface area contributed by atoms with Crippen LogP contribution in [0.1, 0.15) is 16.8 Å². The number of pyridine rings is 2. The predicted octanol–water partition coefficient (Wildman–Crippen LogP) is 3.71. The molecule has 0 bridgehead atoms. The van der Waals surface area contributed by atoms with Crippen molar-refractivity contribution >= 4 is 17.4 Å². The van der Waals surface area contributed by atoms with Crippen LogP contribution in [0.5, 0.6) is 0 Å². The van der Waals surface area contributed by atoms with Crippen LogP contribution in [0.3, 0.4) is 0 Å². The monoisotopic (exact) mass is 351 g/mol. The van der Waals surface area contributed by atoms with E-state index in [0.717, 1.165) is 17.8 Å². The fourth-order valence-corrected chi connectivity index (χ4v) is 2.90. The summed E-state index contributed by atoms with van der Waals surface area (Å²) in [7, 11) is 0. The lowest BCUT2D eigenvalue weighted by molar-refractivity contribution is -0.137. The van der Waals surface area contributed by atoms with E-state index in [4.69, 9.17) is 0 Å². The number of aryl methyl sites for hydroxylation is 1. The van der Waals surface area contributed by atoms with E-state index in [1.54, 1.807) is 12.3 Å². The van der Waals surface area contributed by atoms with Crippen LogP contribution >= 0.6 is 11.8 Å². The van der Waals surface area contributed by atoms with Crippen molar-refractivity contribution in [2.45, 2.75) is 23.9 Å². The smallest absolute Gasteiger partial charge is 0.269 e. The molecule has 0 saturated carbocycles. The number of aromatic nitrogens is 3. The number of fused-ring (bicyclic) bond motifs is 1. The van der Waals surface area contributed by atoms with E-state index in [1.807, 2.05) is 13.0 Å². The Bertz CT molecular complexity index is 936. The van der Waals surface area contributed by atoms with Crippen LogP contribution < -0.4 is 5.56 Å². The van der Waals surface area contributed by atoms with E-state index in [0.29, 0.717) is 22.1 Å². The first kappa shape index (κ1) is 16.5. The standard InChI is InChI=1S/C16H12F3N3OS/c1-10-3-2-6-22-14(23)7-12(21-15(10)22)9-24-13-5-4-11(8-20-13)16(17,18)19/h2-8H,9H2,1H3. The number of hydrogen-bond donors (Lipinski definition) is 0. The van der Waals surface area contributed by atoms with E-state index in [-0.39, 0.29) is 5.56 Å². The fourth-order valence-electron chi connectivity index (χ4n) is 2.16. The van der Waals surface area contributed by atoms with E-state index in [2.05, 4.69) is 9.97 Å². The van der Waals surface area contributed by atoms with Gasteiger partial charge in [-0.1, -0.05) is 6.07 Å². The fraction of sp³-hybridized carbons (Fsp3) is 0.188. The second kappa shape index (κ2) is 6.27. The third kappa shape index (κ3) is 3.43. The molecule has 3 heterocycles. The normalized spacial score (nSPS) is 11.8. The highest BCUT2D eigenvalue weighted by atomic mass is 32.2. The number of rotatable bonds is 3. The number of nitrogens with zero attached hydrogens (tertiary/aromatic N) is 3. The summed E-state index contributed by atoms with van der Waals surface area (Å²) in [5.41, 5.74) is 1.01. The Morgan fingerprint density at radius 2 is 2.04 bits per heavy atom. The van der Waals surface area contributed by atoms with E-state index >= 15 is 0 Å². The van der Waals surface area contributed by atoms with Crippen LogP contribution in [0, 0.1) is 6.92 Å². The molecule has 3 aromatic rings. The van der Waals surface area contributed by atoms with Gasteiger partial charge in [0, 0.05) is 24.2 Å². The quantitative estimate of drug-likeness (QED) is 0.675. The van der Waals surface area contributed by atoms with Crippen LogP contribution in [0.25, 0.3) is 5.65 Å². The number of hydrogen-bond acceptors (Lipinski definition) is 4. The summed E-state index contributed by atoms with van der Waals surface area (Å²) in [6, 6.07) is 7.35. The number of halogens is 3. The molecule has 3 aromatic heterocycles. The van der Waals surface area contributed by atoms with Crippen molar-refractivity contribution < 1.29 is 13.2 Å². The molecule has 124 valence electrons. The van der Waals surface area contributed by atoms with Gasteiger partial charge in [-0.25, -0.2) is 9.97 Å². The summed E-state index contributed by atoms with van der Waals surface area (Å²) in [4.78, 5) is 20.3. The van der Waals surface area contributed by atoms with Crippen molar-refractivity contribution in [2.24, 2.45) is 0 Å².